The summed E-state index contributed by atoms with van der Waals surface area (Å²) in [7, 11) is 0. The van der Waals surface area contributed by atoms with E-state index in [4.69, 9.17) is 0 Å². The van der Waals surface area contributed by atoms with E-state index in [0.29, 0.717) is 6.54 Å². The van der Waals surface area contributed by atoms with E-state index in [1.54, 1.807) is 6.08 Å². The van der Waals surface area contributed by atoms with Crippen LogP contribution in [0.15, 0.2) is 48.7 Å². The summed E-state index contributed by atoms with van der Waals surface area (Å²) in [6.07, 6.45) is 8.30. The fourth-order valence-electron chi connectivity index (χ4n) is 4.98. The van der Waals surface area contributed by atoms with E-state index >= 15 is 0 Å². The summed E-state index contributed by atoms with van der Waals surface area (Å²) < 4.78 is 38.4. The second-order valence-corrected chi connectivity index (χ2v) is 8.66. The van der Waals surface area contributed by atoms with Gasteiger partial charge < -0.3 is 15.5 Å². The number of anilines is 1. The summed E-state index contributed by atoms with van der Waals surface area (Å²) in [4.78, 5) is 24.6. The molecule has 0 aromatic carbocycles. The molecule has 9 nitrogen and oxygen atoms in total. The number of nitrogens with one attached hydrogen (secondary N) is 2. The minimum absolute atomic E-state index is 0.152. The number of alkyl halides is 3. The van der Waals surface area contributed by atoms with Gasteiger partial charge in [0.25, 0.3) is 5.91 Å². The third kappa shape index (κ3) is 3.83. The Morgan fingerprint density at radius 3 is 2.64 bits per heavy atom. The van der Waals surface area contributed by atoms with Crippen LogP contribution in [0.5, 0.6) is 0 Å². The third-order valence-electron chi connectivity index (χ3n) is 6.45. The minimum atomic E-state index is -4.54. The lowest BCUT2D eigenvalue weighted by Gasteiger charge is -2.52. The van der Waals surface area contributed by atoms with E-state index in [-0.39, 0.29) is 29.7 Å². The summed E-state index contributed by atoms with van der Waals surface area (Å²) in [5.74, 6) is 0.346. The van der Waals surface area contributed by atoms with Gasteiger partial charge in [0.1, 0.15) is 5.82 Å². The lowest BCUT2D eigenvalue weighted by molar-refractivity contribution is -0.149. The summed E-state index contributed by atoms with van der Waals surface area (Å²) in [6.45, 7) is 2.46. The van der Waals surface area contributed by atoms with Crippen molar-refractivity contribution in [1.29, 1.82) is 0 Å². The van der Waals surface area contributed by atoms with Crippen LogP contribution in [0.1, 0.15) is 31.9 Å². The first-order valence-electron chi connectivity index (χ1n) is 10.7. The van der Waals surface area contributed by atoms with Gasteiger partial charge >= 0.3 is 6.18 Å². The molecule has 5 heterocycles. The Kier molecular flexibility index (Phi) is 5.09. The van der Waals surface area contributed by atoms with Gasteiger partial charge in [-0.05, 0) is 44.3 Å². The van der Waals surface area contributed by atoms with Crippen LogP contribution in [-0.4, -0.2) is 54.4 Å². The molecule has 3 aliphatic heterocycles. The molecule has 33 heavy (non-hydrogen) atoms. The van der Waals surface area contributed by atoms with E-state index in [1.165, 1.54) is 17.2 Å². The topological polar surface area (TPSA) is 101 Å². The number of carbonyl (C=O) groups is 1. The number of nitrogens with zero attached hydrogens (tertiary/aromatic N) is 6. The first-order valence-corrected chi connectivity index (χ1v) is 10.7. The van der Waals surface area contributed by atoms with Gasteiger partial charge in [-0.25, -0.2) is 9.97 Å². The fraction of sp³-hybridized carbons (Fsp3) is 0.476. The maximum absolute atomic E-state index is 14.0. The Hall–Kier alpha value is -3.44. The number of carbonyl (C=O) groups excluding carboxylic acids is 1. The molecule has 4 aliphatic rings. The molecule has 6 rings (SSSR count). The zero-order valence-corrected chi connectivity index (χ0v) is 17.8. The average molecular weight is 460 g/mol. The van der Waals surface area contributed by atoms with E-state index in [1.807, 2.05) is 24.0 Å². The molecule has 2 saturated heterocycles. The van der Waals surface area contributed by atoms with Gasteiger partial charge in [0.15, 0.2) is 5.69 Å². The third-order valence-corrected chi connectivity index (χ3v) is 6.45. The Morgan fingerprint density at radius 1 is 1.21 bits per heavy atom. The van der Waals surface area contributed by atoms with Gasteiger partial charge in [0.05, 0.1) is 30.8 Å². The minimum Gasteiger partial charge on any atom is -0.364 e. The Bertz CT molecular complexity index is 1080. The molecule has 2 bridgehead atoms. The summed E-state index contributed by atoms with van der Waals surface area (Å²) in [5, 5.41) is 14.9. The Morgan fingerprint density at radius 2 is 2.00 bits per heavy atom. The number of halogens is 3. The number of piperidine rings is 2. The van der Waals surface area contributed by atoms with E-state index in [0.717, 1.165) is 37.4 Å². The maximum atomic E-state index is 14.0. The molecule has 0 radical (unpaired) electrons. The monoisotopic (exact) mass is 460 g/mol. The molecule has 174 valence electrons. The molecular formula is C21H23F3N8O. The predicted molar refractivity (Wildman–Crippen MR) is 111 cm³/mol. The van der Waals surface area contributed by atoms with Crippen LogP contribution in [-0.2, 0) is 16.6 Å². The highest BCUT2D eigenvalue weighted by molar-refractivity contribution is 5.87. The van der Waals surface area contributed by atoms with Crippen molar-refractivity contribution in [3.05, 3.63) is 54.4 Å². The van der Waals surface area contributed by atoms with Crippen molar-refractivity contribution in [3.63, 3.8) is 0 Å². The van der Waals surface area contributed by atoms with E-state index in [9.17, 15) is 18.0 Å². The largest absolute Gasteiger partial charge is 0.434 e. The number of allylic oxidation sites excluding steroid dienone is 3. The molecule has 2 N–H and O–H groups in total. The van der Waals surface area contributed by atoms with Crippen LogP contribution in [0.3, 0.4) is 0 Å². The fourth-order valence-corrected chi connectivity index (χ4v) is 4.98. The lowest BCUT2D eigenvalue weighted by Crippen LogP contribution is -2.67. The van der Waals surface area contributed by atoms with Gasteiger partial charge in [0.2, 0.25) is 5.66 Å². The summed E-state index contributed by atoms with van der Waals surface area (Å²) >= 11 is 0. The number of hydrogen-bond donors (Lipinski definition) is 2. The van der Waals surface area contributed by atoms with Crippen molar-refractivity contribution in [2.45, 2.75) is 50.1 Å². The molecule has 1 unspecified atom stereocenters. The molecule has 1 amide bonds. The smallest absolute Gasteiger partial charge is 0.364 e. The molecule has 2 aromatic heterocycles. The van der Waals surface area contributed by atoms with Gasteiger partial charge in [-0.15, -0.1) is 4.80 Å². The van der Waals surface area contributed by atoms with Crippen molar-refractivity contribution < 1.29 is 18.0 Å². The van der Waals surface area contributed by atoms with Crippen LogP contribution in [0.4, 0.5) is 19.0 Å². The van der Waals surface area contributed by atoms with Gasteiger partial charge in [-0.3, -0.25) is 4.79 Å². The number of hydrogen-bond acceptors (Lipinski definition) is 7. The molecule has 12 heteroatoms. The standard InChI is InChI=1S/C21H23F3N8O/c1-13-3-2-6-20(30-13,32-27-7-8-28-32)19(33)31-12-14-4-5-16(31)15(9-14)29-18-11-25-17(10-26-18)21(22,23)24/h2-3,6-8,10-11,14-16,30H,4-5,9,12H2,1H3,(H,26,29)/t14-,15-,16+,20?/m1/s1. The first kappa shape index (κ1) is 21.4. The number of fused-ring (bicyclic) bond motifs is 3. The highest BCUT2D eigenvalue weighted by Gasteiger charge is 2.51. The normalized spacial score (nSPS) is 28.9. The van der Waals surface area contributed by atoms with Crippen LogP contribution >= 0.6 is 0 Å². The molecule has 2 aromatic rings. The van der Waals surface area contributed by atoms with Crippen LogP contribution in [0, 0.1) is 5.92 Å². The zero-order chi connectivity index (χ0) is 23.2. The number of amides is 1. The summed E-state index contributed by atoms with van der Waals surface area (Å²) in [6, 6.07) is -0.306. The maximum Gasteiger partial charge on any atom is 0.434 e. The Balaban J connectivity index is 1.40. The molecule has 0 spiro atoms. The number of aromatic nitrogens is 5. The van der Waals surface area contributed by atoms with Crippen molar-refractivity contribution >= 4 is 11.7 Å². The van der Waals surface area contributed by atoms with Crippen LogP contribution in [0.25, 0.3) is 0 Å². The molecule has 1 aliphatic carbocycles. The average Bonchev–Trinajstić information content (AvgIpc) is 3.34. The zero-order valence-electron chi connectivity index (χ0n) is 17.8. The van der Waals surface area contributed by atoms with Crippen LogP contribution in [0.2, 0.25) is 0 Å². The van der Waals surface area contributed by atoms with Crippen molar-refractivity contribution in [2.24, 2.45) is 5.92 Å². The van der Waals surface area contributed by atoms with Gasteiger partial charge in [-0.1, -0.05) is 6.08 Å². The lowest BCUT2D eigenvalue weighted by atomic mass is 9.76. The highest BCUT2D eigenvalue weighted by atomic mass is 19.4. The second kappa shape index (κ2) is 7.85. The van der Waals surface area contributed by atoms with Gasteiger partial charge in [0, 0.05) is 18.3 Å². The second-order valence-electron chi connectivity index (χ2n) is 8.66. The van der Waals surface area contributed by atoms with Gasteiger partial charge in [-0.2, -0.15) is 23.4 Å². The first-order chi connectivity index (χ1) is 15.8. The molecule has 4 atom stereocenters. The number of rotatable bonds is 4. The van der Waals surface area contributed by atoms with Crippen LogP contribution < -0.4 is 10.6 Å². The summed E-state index contributed by atoms with van der Waals surface area (Å²) in [5.41, 5.74) is -1.51. The molecule has 3 fully saturated rings. The van der Waals surface area contributed by atoms with E-state index in [2.05, 4.69) is 30.8 Å². The van der Waals surface area contributed by atoms with Crippen molar-refractivity contribution in [2.75, 3.05) is 11.9 Å². The quantitative estimate of drug-likeness (QED) is 0.722. The van der Waals surface area contributed by atoms with E-state index < -0.39 is 17.5 Å². The highest BCUT2D eigenvalue weighted by Crippen LogP contribution is 2.39. The SMILES string of the molecule is CC1=CC=CC(C(=O)N2C[C@@H]3CC[C@H]2[C@H](Nc2cnc(C(F)(F)F)cn2)C3)(n2nccn2)N1. The molecular weight excluding hydrogens is 437 g/mol. The Labute approximate surface area is 187 Å². The predicted octanol–water partition coefficient (Wildman–Crippen LogP) is 2.29. The van der Waals surface area contributed by atoms with Crippen molar-refractivity contribution in [1.82, 2.24) is 35.2 Å². The van der Waals surface area contributed by atoms with Crippen molar-refractivity contribution in [3.8, 4) is 0 Å². The number of dihydropyridines is 1. The molecule has 1 saturated carbocycles.